The first-order valence-electron chi connectivity index (χ1n) is 10.4. The first-order valence-corrected chi connectivity index (χ1v) is 11.1. The van der Waals surface area contributed by atoms with E-state index in [-0.39, 0.29) is 37.0 Å². The summed E-state index contributed by atoms with van der Waals surface area (Å²) in [4.78, 5) is 41.4. The van der Waals surface area contributed by atoms with Crippen molar-refractivity contribution in [2.75, 3.05) is 25.1 Å². The number of benzene rings is 1. The van der Waals surface area contributed by atoms with Gasteiger partial charge in [-0.3, -0.25) is 14.5 Å². The molecule has 0 aromatic heterocycles. The summed E-state index contributed by atoms with van der Waals surface area (Å²) in [6, 6.07) is 4.45. The van der Waals surface area contributed by atoms with Crippen molar-refractivity contribution in [2.45, 2.75) is 51.5 Å². The normalized spacial score (nSPS) is 23.9. The average Bonchev–Trinajstić information content (AvgIpc) is 2.92. The fourth-order valence-corrected chi connectivity index (χ4v) is 4.66. The number of halogens is 2. The van der Waals surface area contributed by atoms with Gasteiger partial charge in [0.1, 0.15) is 5.54 Å². The molecule has 2 atom stereocenters. The highest BCUT2D eigenvalue weighted by atomic mass is 35.5. The molecule has 30 heavy (non-hydrogen) atoms. The Labute approximate surface area is 187 Å². The summed E-state index contributed by atoms with van der Waals surface area (Å²) >= 11 is 12.1. The number of hydrogen-bond acceptors (Lipinski definition) is 4. The van der Waals surface area contributed by atoms with E-state index in [4.69, 9.17) is 23.2 Å². The van der Waals surface area contributed by atoms with Gasteiger partial charge in [0.2, 0.25) is 5.91 Å². The van der Waals surface area contributed by atoms with Crippen molar-refractivity contribution in [2.24, 2.45) is 5.92 Å². The van der Waals surface area contributed by atoms with E-state index in [0.717, 1.165) is 25.7 Å². The molecule has 2 N–H and O–H groups in total. The van der Waals surface area contributed by atoms with Gasteiger partial charge in [-0.1, -0.05) is 49.9 Å². The van der Waals surface area contributed by atoms with Crippen LogP contribution in [0.3, 0.4) is 0 Å². The molecule has 1 saturated heterocycles. The fraction of sp³-hybridized carbons (Fsp3) is 0.571. The second-order valence-electron chi connectivity index (χ2n) is 8.15. The van der Waals surface area contributed by atoms with E-state index in [1.165, 1.54) is 4.90 Å². The Morgan fingerprint density at radius 2 is 2.10 bits per heavy atom. The Balaban J connectivity index is 1.68. The minimum absolute atomic E-state index is 0.0241. The van der Waals surface area contributed by atoms with Gasteiger partial charge >= 0.3 is 6.03 Å². The molecule has 3 rings (SSSR count). The number of carbonyl (C=O) groups excluding carboxylic acids is 3. The molecule has 1 aliphatic carbocycles. The average molecular weight is 455 g/mol. The molecule has 1 aromatic carbocycles. The van der Waals surface area contributed by atoms with Crippen LogP contribution in [0.15, 0.2) is 18.2 Å². The molecule has 1 aliphatic heterocycles. The van der Waals surface area contributed by atoms with Gasteiger partial charge in [0.25, 0.3) is 5.91 Å². The quantitative estimate of drug-likeness (QED) is 0.607. The van der Waals surface area contributed by atoms with Gasteiger partial charge < -0.3 is 10.6 Å². The van der Waals surface area contributed by atoms with Crippen LogP contribution in [0.2, 0.25) is 10.0 Å². The number of nitrogens with zero attached hydrogens (tertiary/aromatic N) is 2. The summed E-state index contributed by atoms with van der Waals surface area (Å²) in [5, 5.41) is 6.55. The van der Waals surface area contributed by atoms with Crippen LogP contribution in [-0.2, 0) is 9.59 Å². The third-order valence-corrected chi connectivity index (χ3v) is 6.52. The lowest BCUT2D eigenvalue weighted by Gasteiger charge is -2.37. The summed E-state index contributed by atoms with van der Waals surface area (Å²) in [7, 11) is 0. The standard InChI is InChI=1S/C21H28Cl2N4O3/c1-3-10-26(12-18(28)24-17-11-15(22)7-8-16(17)23)13-27-19(29)21(25-20(27)30)9-5-4-6-14(21)2/h7-8,11,14H,3-6,9-10,12-13H2,1-2H3,(H,24,28)(H,25,30)/t14-,21-/m0/s1. The van der Waals surface area contributed by atoms with Crippen LogP contribution >= 0.6 is 23.2 Å². The van der Waals surface area contributed by atoms with Crippen LogP contribution in [-0.4, -0.2) is 52.9 Å². The van der Waals surface area contributed by atoms with Crippen LogP contribution in [0.4, 0.5) is 10.5 Å². The van der Waals surface area contributed by atoms with Crippen LogP contribution in [0.1, 0.15) is 46.0 Å². The van der Waals surface area contributed by atoms with Gasteiger partial charge in [0, 0.05) is 11.6 Å². The minimum Gasteiger partial charge on any atom is -0.324 e. The summed E-state index contributed by atoms with van der Waals surface area (Å²) < 4.78 is 0. The number of carbonyl (C=O) groups is 3. The number of amides is 4. The van der Waals surface area contributed by atoms with Crippen molar-refractivity contribution < 1.29 is 14.4 Å². The summed E-state index contributed by atoms with van der Waals surface area (Å²) in [5.41, 5.74) is -0.375. The highest BCUT2D eigenvalue weighted by Gasteiger charge is 2.55. The number of hydrogen-bond donors (Lipinski definition) is 2. The Morgan fingerprint density at radius 1 is 1.33 bits per heavy atom. The van der Waals surface area contributed by atoms with E-state index < -0.39 is 5.54 Å². The van der Waals surface area contributed by atoms with E-state index in [9.17, 15) is 14.4 Å². The maximum atomic E-state index is 13.2. The fourth-order valence-electron chi connectivity index (χ4n) is 4.33. The Morgan fingerprint density at radius 3 is 2.80 bits per heavy atom. The topological polar surface area (TPSA) is 81.8 Å². The molecule has 2 aliphatic rings. The maximum absolute atomic E-state index is 13.2. The summed E-state index contributed by atoms with van der Waals surface area (Å²) in [6.07, 6.45) is 4.35. The van der Waals surface area contributed by atoms with Crippen molar-refractivity contribution in [1.29, 1.82) is 0 Å². The van der Waals surface area contributed by atoms with Gasteiger partial charge in [0.15, 0.2) is 0 Å². The molecular weight excluding hydrogens is 427 g/mol. The Kier molecular flexibility index (Phi) is 7.26. The number of urea groups is 1. The lowest BCUT2D eigenvalue weighted by molar-refractivity contribution is -0.136. The van der Waals surface area contributed by atoms with Crippen molar-refractivity contribution in [3.05, 3.63) is 28.2 Å². The molecule has 1 spiro atoms. The summed E-state index contributed by atoms with van der Waals surface area (Å²) in [5.74, 6) is -0.375. The lowest BCUT2D eigenvalue weighted by Crippen LogP contribution is -2.54. The summed E-state index contributed by atoms with van der Waals surface area (Å²) in [6.45, 7) is 4.67. The smallest absolute Gasteiger partial charge is 0.324 e. The third kappa shape index (κ3) is 4.74. The monoisotopic (exact) mass is 454 g/mol. The molecule has 1 saturated carbocycles. The van der Waals surface area contributed by atoms with Gasteiger partial charge in [-0.15, -0.1) is 0 Å². The highest BCUT2D eigenvalue weighted by Crippen LogP contribution is 2.38. The van der Waals surface area contributed by atoms with E-state index in [0.29, 0.717) is 28.7 Å². The van der Waals surface area contributed by atoms with Crippen LogP contribution in [0.5, 0.6) is 0 Å². The van der Waals surface area contributed by atoms with E-state index >= 15 is 0 Å². The van der Waals surface area contributed by atoms with Gasteiger partial charge in [-0.2, -0.15) is 0 Å². The van der Waals surface area contributed by atoms with Crippen molar-refractivity contribution in [1.82, 2.24) is 15.1 Å². The minimum atomic E-state index is -0.802. The lowest BCUT2D eigenvalue weighted by atomic mass is 9.73. The first-order chi connectivity index (χ1) is 14.3. The molecule has 164 valence electrons. The Hall–Kier alpha value is -1.83. The van der Waals surface area contributed by atoms with Gasteiger partial charge in [-0.05, 0) is 43.4 Å². The molecule has 0 unspecified atom stereocenters. The van der Waals surface area contributed by atoms with Crippen LogP contribution in [0, 0.1) is 5.92 Å². The van der Waals surface area contributed by atoms with Gasteiger partial charge in [-0.25, -0.2) is 9.69 Å². The zero-order valence-electron chi connectivity index (χ0n) is 17.3. The van der Waals surface area contributed by atoms with Crippen LogP contribution < -0.4 is 10.6 Å². The zero-order chi connectivity index (χ0) is 21.9. The molecule has 7 nitrogen and oxygen atoms in total. The van der Waals surface area contributed by atoms with E-state index in [2.05, 4.69) is 10.6 Å². The van der Waals surface area contributed by atoms with Crippen molar-refractivity contribution in [3.63, 3.8) is 0 Å². The molecule has 2 fully saturated rings. The third-order valence-electron chi connectivity index (χ3n) is 5.95. The van der Waals surface area contributed by atoms with E-state index in [1.54, 1.807) is 23.1 Å². The molecule has 1 aromatic rings. The van der Waals surface area contributed by atoms with E-state index in [1.807, 2.05) is 13.8 Å². The maximum Gasteiger partial charge on any atom is 0.326 e. The largest absolute Gasteiger partial charge is 0.326 e. The molecular formula is C21H28Cl2N4O3. The number of imide groups is 1. The second-order valence-corrected chi connectivity index (χ2v) is 8.99. The predicted molar refractivity (Wildman–Crippen MR) is 118 cm³/mol. The SMILES string of the molecule is CCCN(CC(=O)Nc1cc(Cl)ccc1Cl)CN1C(=O)N[C@]2(CCCC[C@@H]2C)C1=O. The highest BCUT2D eigenvalue weighted by molar-refractivity contribution is 6.35. The molecule has 4 amide bonds. The number of rotatable bonds is 7. The molecule has 9 heteroatoms. The predicted octanol–water partition coefficient (Wildman–Crippen LogP) is 4.10. The van der Waals surface area contributed by atoms with Crippen LogP contribution in [0.25, 0.3) is 0 Å². The second kappa shape index (κ2) is 9.54. The van der Waals surface area contributed by atoms with Crippen molar-refractivity contribution >= 4 is 46.7 Å². The van der Waals surface area contributed by atoms with Gasteiger partial charge in [0.05, 0.1) is 23.9 Å². The molecule has 0 radical (unpaired) electrons. The van der Waals surface area contributed by atoms with Crippen molar-refractivity contribution in [3.8, 4) is 0 Å². The number of anilines is 1. The zero-order valence-corrected chi connectivity index (χ0v) is 18.9. The first kappa shape index (κ1) is 22.8. The Bertz CT molecular complexity index is 834. The number of nitrogens with one attached hydrogen (secondary N) is 2. The molecule has 1 heterocycles. The molecule has 0 bridgehead atoms.